The third-order valence-corrected chi connectivity index (χ3v) is 1.53. The lowest BCUT2D eigenvalue weighted by molar-refractivity contribution is 0.685. The molecule has 0 atom stereocenters. The fraction of sp³-hybridized carbons (Fsp3) is 0.429. The number of H-pyrrole nitrogens is 2. The zero-order valence-electron chi connectivity index (χ0n) is 7.09. The van der Waals surface area contributed by atoms with Gasteiger partial charge in [0.1, 0.15) is 0 Å². The van der Waals surface area contributed by atoms with Crippen LogP contribution in [0.1, 0.15) is 5.56 Å². The molecule has 13 heavy (non-hydrogen) atoms. The molecule has 0 aliphatic heterocycles. The fourth-order valence-electron chi connectivity index (χ4n) is 0.894. The van der Waals surface area contributed by atoms with Gasteiger partial charge in [-0.2, -0.15) is 0 Å². The monoisotopic (exact) mass is 184 g/mol. The molecule has 0 unspecified atom stereocenters. The van der Waals surface area contributed by atoms with Gasteiger partial charge in [0.15, 0.2) is 0 Å². The second-order valence-electron chi connectivity index (χ2n) is 2.56. The van der Waals surface area contributed by atoms with Crippen LogP contribution < -0.4 is 22.3 Å². The van der Waals surface area contributed by atoms with Crippen LogP contribution in [0, 0.1) is 0 Å². The highest BCUT2D eigenvalue weighted by Crippen LogP contribution is 1.81. The first-order valence-corrected chi connectivity index (χ1v) is 3.95. The molecule has 0 fully saturated rings. The molecule has 1 aromatic heterocycles. The topological polar surface area (TPSA) is 104 Å². The Labute approximate surface area is 74.2 Å². The van der Waals surface area contributed by atoms with Gasteiger partial charge in [0.2, 0.25) is 0 Å². The summed E-state index contributed by atoms with van der Waals surface area (Å²) in [4.78, 5) is 26.2. The fourth-order valence-corrected chi connectivity index (χ4v) is 0.894. The largest absolute Gasteiger partial charge is 0.329 e. The number of aromatic nitrogens is 2. The van der Waals surface area contributed by atoms with Crippen molar-refractivity contribution in [3.63, 3.8) is 0 Å². The Balaban J connectivity index is 2.67. The molecule has 0 spiro atoms. The van der Waals surface area contributed by atoms with Crippen LogP contribution in [-0.4, -0.2) is 23.1 Å². The molecule has 0 bridgehead atoms. The molecule has 0 radical (unpaired) electrons. The number of nitrogens with one attached hydrogen (secondary N) is 3. The van der Waals surface area contributed by atoms with E-state index in [2.05, 4.69) is 15.3 Å². The molecule has 72 valence electrons. The van der Waals surface area contributed by atoms with Crippen LogP contribution in [0.25, 0.3) is 0 Å². The lowest BCUT2D eigenvalue weighted by Gasteiger charge is -2.00. The van der Waals surface area contributed by atoms with Crippen LogP contribution in [0.15, 0.2) is 15.8 Å². The summed E-state index contributed by atoms with van der Waals surface area (Å²) in [5.41, 5.74) is 4.88. The molecule has 5 N–H and O–H groups in total. The van der Waals surface area contributed by atoms with Crippen molar-refractivity contribution in [3.8, 4) is 0 Å². The van der Waals surface area contributed by atoms with Gasteiger partial charge in [-0.3, -0.25) is 9.78 Å². The first-order valence-electron chi connectivity index (χ1n) is 3.95. The van der Waals surface area contributed by atoms with Crippen LogP contribution in [0.2, 0.25) is 0 Å². The predicted octanol–water partition coefficient (Wildman–Crippen LogP) is -1.89. The highest BCUT2D eigenvalue weighted by molar-refractivity contribution is 5.02. The van der Waals surface area contributed by atoms with E-state index in [4.69, 9.17) is 5.73 Å². The molecule has 6 heteroatoms. The summed E-state index contributed by atoms with van der Waals surface area (Å²) in [6, 6.07) is 0. The van der Waals surface area contributed by atoms with E-state index in [0.29, 0.717) is 25.2 Å². The van der Waals surface area contributed by atoms with Gasteiger partial charge in [-0.25, -0.2) is 4.79 Å². The minimum Gasteiger partial charge on any atom is -0.329 e. The van der Waals surface area contributed by atoms with Crippen molar-refractivity contribution in [3.05, 3.63) is 32.6 Å². The van der Waals surface area contributed by atoms with E-state index < -0.39 is 5.69 Å². The van der Waals surface area contributed by atoms with Crippen LogP contribution in [0.4, 0.5) is 0 Å². The van der Waals surface area contributed by atoms with Gasteiger partial charge in [0.25, 0.3) is 5.56 Å². The third-order valence-electron chi connectivity index (χ3n) is 1.53. The van der Waals surface area contributed by atoms with E-state index in [1.54, 1.807) is 0 Å². The van der Waals surface area contributed by atoms with Crippen molar-refractivity contribution in [2.75, 3.05) is 13.1 Å². The smallest absolute Gasteiger partial charge is 0.325 e. The van der Waals surface area contributed by atoms with Crippen LogP contribution in [0.5, 0.6) is 0 Å². The van der Waals surface area contributed by atoms with E-state index in [0.717, 1.165) is 0 Å². The summed E-state index contributed by atoms with van der Waals surface area (Å²) >= 11 is 0. The van der Waals surface area contributed by atoms with Gasteiger partial charge >= 0.3 is 5.69 Å². The normalized spacial score (nSPS) is 10.2. The van der Waals surface area contributed by atoms with Gasteiger partial charge in [0.05, 0.1) is 0 Å². The van der Waals surface area contributed by atoms with E-state index >= 15 is 0 Å². The van der Waals surface area contributed by atoms with Crippen molar-refractivity contribution in [1.29, 1.82) is 0 Å². The van der Waals surface area contributed by atoms with Gasteiger partial charge in [0, 0.05) is 31.4 Å². The van der Waals surface area contributed by atoms with Crippen LogP contribution >= 0.6 is 0 Å². The van der Waals surface area contributed by atoms with E-state index in [1.165, 1.54) is 6.20 Å². The predicted molar refractivity (Wildman–Crippen MR) is 48.4 cm³/mol. The molecule has 1 rings (SSSR count). The molecule has 1 aromatic rings. The minimum atomic E-state index is -0.493. The van der Waals surface area contributed by atoms with Gasteiger partial charge in [-0.1, -0.05) is 0 Å². The van der Waals surface area contributed by atoms with Crippen molar-refractivity contribution in [2.45, 2.75) is 6.54 Å². The second kappa shape index (κ2) is 4.58. The maximum Gasteiger partial charge on any atom is 0.325 e. The summed E-state index contributed by atoms with van der Waals surface area (Å²) in [5, 5.41) is 2.94. The summed E-state index contributed by atoms with van der Waals surface area (Å²) in [6.07, 6.45) is 1.39. The minimum absolute atomic E-state index is 0.367. The maximum absolute atomic E-state index is 11.1. The second-order valence-corrected chi connectivity index (χ2v) is 2.56. The molecule has 0 aliphatic carbocycles. The Kier molecular flexibility index (Phi) is 3.41. The average Bonchev–Trinajstić information content (AvgIpc) is 2.09. The lowest BCUT2D eigenvalue weighted by atomic mass is 10.3. The zero-order chi connectivity index (χ0) is 9.68. The molecule has 6 nitrogen and oxygen atoms in total. The number of hydrogen-bond acceptors (Lipinski definition) is 4. The lowest BCUT2D eigenvalue weighted by Crippen LogP contribution is -2.29. The maximum atomic E-state index is 11.1. The highest BCUT2D eigenvalue weighted by atomic mass is 16.2. The Morgan fingerprint density at radius 1 is 1.46 bits per heavy atom. The number of hydrogen-bond donors (Lipinski definition) is 4. The Hall–Kier alpha value is -1.40. The molecular formula is C7H12N4O2. The molecular weight excluding hydrogens is 172 g/mol. The van der Waals surface area contributed by atoms with E-state index in [-0.39, 0.29) is 5.56 Å². The molecule has 0 saturated heterocycles. The summed E-state index contributed by atoms with van der Waals surface area (Å²) < 4.78 is 0. The molecule has 0 amide bonds. The Bertz CT molecular complexity index is 367. The molecule has 0 saturated carbocycles. The standard InChI is InChI=1S/C7H12N4O2/c8-1-2-9-3-5-4-10-7(13)11-6(5)12/h4,9H,1-3,8H2,(H2,10,11,12,13). The SMILES string of the molecule is NCCNCc1c[nH]c(=O)[nH]c1=O. The van der Waals surface area contributed by atoms with Crippen LogP contribution in [0.3, 0.4) is 0 Å². The van der Waals surface area contributed by atoms with Gasteiger partial charge in [-0.15, -0.1) is 0 Å². The highest BCUT2D eigenvalue weighted by Gasteiger charge is 1.97. The Morgan fingerprint density at radius 3 is 2.85 bits per heavy atom. The first kappa shape index (κ1) is 9.69. The van der Waals surface area contributed by atoms with E-state index in [9.17, 15) is 9.59 Å². The van der Waals surface area contributed by atoms with Crippen molar-refractivity contribution in [1.82, 2.24) is 15.3 Å². The quantitative estimate of drug-likeness (QED) is 0.411. The number of nitrogens with two attached hydrogens (primary N) is 1. The molecule has 0 aliphatic rings. The van der Waals surface area contributed by atoms with Crippen molar-refractivity contribution in [2.24, 2.45) is 5.73 Å². The van der Waals surface area contributed by atoms with Crippen molar-refractivity contribution < 1.29 is 0 Å². The van der Waals surface area contributed by atoms with E-state index in [1.807, 2.05) is 0 Å². The van der Waals surface area contributed by atoms with Gasteiger partial charge in [-0.05, 0) is 0 Å². The number of rotatable bonds is 4. The third kappa shape index (κ3) is 2.85. The summed E-state index contributed by atoms with van der Waals surface area (Å²) in [5.74, 6) is 0. The average molecular weight is 184 g/mol. The first-order chi connectivity index (χ1) is 6.24. The van der Waals surface area contributed by atoms with Crippen molar-refractivity contribution >= 4 is 0 Å². The van der Waals surface area contributed by atoms with Crippen LogP contribution in [-0.2, 0) is 6.54 Å². The zero-order valence-corrected chi connectivity index (χ0v) is 7.09. The number of aromatic amines is 2. The summed E-state index contributed by atoms with van der Waals surface area (Å²) in [7, 11) is 0. The van der Waals surface area contributed by atoms with Gasteiger partial charge < -0.3 is 16.0 Å². The molecule has 0 aromatic carbocycles. The summed E-state index contributed by atoms with van der Waals surface area (Å²) in [6.45, 7) is 1.56. The molecule has 1 heterocycles. The Morgan fingerprint density at radius 2 is 2.23 bits per heavy atom.